The lowest BCUT2D eigenvalue weighted by Gasteiger charge is -2.09. The van der Waals surface area contributed by atoms with Gasteiger partial charge in [-0.3, -0.25) is 9.78 Å². The van der Waals surface area contributed by atoms with Crippen molar-refractivity contribution in [3.05, 3.63) is 107 Å². The number of nitrogens with one attached hydrogen (secondary N) is 1. The number of ether oxygens (including phenoxy) is 1. The van der Waals surface area contributed by atoms with E-state index in [9.17, 15) is 4.79 Å². The molecule has 0 saturated carbocycles. The molecule has 0 aliphatic heterocycles. The maximum atomic E-state index is 12.4. The van der Waals surface area contributed by atoms with E-state index in [0.29, 0.717) is 23.7 Å². The molecule has 0 atom stereocenters. The molecule has 4 aromatic rings. The van der Waals surface area contributed by atoms with Crippen molar-refractivity contribution < 1.29 is 9.53 Å². The van der Waals surface area contributed by atoms with Crippen LogP contribution in [0, 0.1) is 0 Å². The van der Waals surface area contributed by atoms with E-state index in [1.54, 1.807) is 12.3 Å². The summed E-state index contributed by atoms with van der Waals surface area (Å²) in [6, 6.07) is 24.6. The van der Waals surface area contributed by atoms with Gasteiger partial charge in [-0.2, -0.15) is 0 Å². The van der Waals surface area contributed by atoms with E-state index in [1.807, 2.05) is 72.8 Å². The Bertz CT molecular complexity index is 1140. The smallest absolute Gasteiger partial charge is 0.251 e. The van der Waals surface area contributed by atoms with Gasteiger partial charge in [-0.15, -0.1) is 0 Å². The van der Waals surface area contributed by atoms with Crippen molar-refractivity contribution >= 4 is 28.4 Å². The van der Waals surface area contributed by atoms with Gasteiger partial charge in [-0.1, -0.05) is 41.9 Å². The first-order valence-corrected chi connectivity index (χ1v) is 9.64. The first-order chi connectivity index (χ1) is 14.2. The number of fused-ring (bicyclic) bond motifs is 1. The van der Waals surface area contributed by atoms with Gasteiger partial charge in [-0.25, -0.2) is 0 Å². The van der Waals surface area contributed by atoms with Crippen LogP contribution < -0.4 is 10.1 Å². The van der Waals surface area contributed by atoms with Gasteiger partial charge in [0.15, 0.2) is 0 Å². The van der Waals surface area contributed by atoms with Gasteiger partial charge in [0.2, 0.25) is 0 Å². The SMILES string of the molecule is O=C(NCc1ccc(OCc2cccc(Cl)c2)cc1)c1ccc2ncccc2c1. The molecule has 0 bridgehead atoms. The molecule has 0 unspecified atom stereocenters. The van der Waals surface area contributed by atoms with Gasteiger partial charge in [0.1, 0.15) is 12.4 Å². The summed E-state index contributed by atoms with van der Waals surface area (Å²) < 4.78 is 5.79. The van der Waals surface area contributed by atoms with E-state index in [4.69, 9.17) is 16.3 Å². The molecule has 0 aliphatic rings. The lowest BCUT2D eigenvalue weighted by molar-refractivity contribution is 0.0951. The highest BCUT2D eigenvalue weighted by atomic mass is 35.5. The zero-order valence-electron chi connectivity index (χ0n) is 15.6. The van der Waals surface area contributed by atoms with Crippen LogP contribution in [0.25, 0.3) is 10.9 Å². The summed E-state index contributed by atoms with van der Waals surface area (Å²) in [6.07, 6.45) is 1.74. The summed E-state index contributed by atoms with van der Waals surface area (Å²) in [5.41, 5.74) is 3.50. The van der Waals surface area contributed by atoms with Crippen LogP contribution in [-0.2, 0) is 13.2 Å². The summed E-state index contributed by atoms with van der Waals surface area (Å²) in [5.74, 6) is 0.652. The highest BCUT2D eigenvalue weighted by Gasteiger charge is 2.07. The zero-order valence-corrected chi connectivity index (χ0v) is 16.4. The van der Waals surface area contributed by atoms with E-state index >= 15 is 0 Å². The number of rotatable bonds is 6. The van der Waals surface area contributed by atoms with E-state index < -0.39 is 0 Å². The second-order valence-corrected chi connectivity index (χ2v) is 7.09. The maximum absolute atomic E-state index is 12.4. The monoisotopic (exact) mass is 402 g/mol. The zero-order chi connectivity index (χ0) is 20.1. The van der Waals surface area contributed by atoms with Gasteiger partial charge in [0, 0.05) is 28.7 Å². The molecule has 5 heteroatoms. The number of nitrogens with zero attached hydrogens (tertiary/aromatic N) is 1. The highest BCUT2D eigenvalue weighted by molar-refractivity contribution is 6.30. The summed E-state index contributed by atoms with van der Waals surface area (Å²) in [4.78, 5) is 16.7. The second kappa shape index (κ2) is 8.76. The Morgan fingerprint density at radius 2 is 1.79 bits per heavy atom. The fourth-order valence-electron chi connectivity index (χ4n) is 3.00. The Labute approximate surface area is 174 Å². The Kier molecular flexibility index (Phi) is 5.73. The van der Waals surface area contributed by atoms with Crippen molar-refractivity contribution in [2.45, 2.75) is 13.2 Å². The first kappa shape index (κ1) is 19.0. The molecule has 0 aliphatic carbocycles. The van der Waals surface area contributed by atoms with Crippen LogP contribution in [0.15, 0.2) is 85.1 Å². The van der Waals surface area contributed by atoms with E-state index in [-0.39, 0.29) is 5.91 Å². The molecule has 0 radical (unpaired) electrons. The Hall–Kier alpha value is -3.37. The minimum Gasteiger partial charge on any atom is -0.489 e. The molecule has 4 nitrogen and oxygen atoms in total. The third-order valence-corrected chi connectivity index (χ3v) is 4.77. The number of aromatic nitrogens is 1. The van der Waals surface area contributed by atoms with Crippen LogP contribution in [0.3, 0.4) is 0 Å². The lowest BCUT2D eigenvalue weighted by atomic mass is 10.1. The van der Waals surface area contributed by atoms with Gasteiger partial charge in [0.25, 0.3) is 5.91 Å². The molecule has 1 aromatic heterocycles. The molecule has 4 rings (SSSR count). The van der Waals surface area contributed by atoms with Crippen LogP contribution >= 0.6 is 11.6 Å². The number of carbonyl (C=O) groups is 1. The van der Waals surface area contributed by atoms with Crippen molar-refractivity contribution in [1.29, 1.82) is 0 Å². The highest BCUT2D eigenvalue weighted by Crippen LogP contribution is 2.17. The second-order valence-electron chi connectivity index (χ2n) is 6.66. The lowest BCUT2D eigenvalue weighted by Crippen LogP contribution is -2.22. The summed E-state index contributed by atoms with van der Waals surface area (Å²) >= 11 is 5.99. The van der Waals surface area contributed by atoms with Crippen LogP contribution in [0.1, 0.15) is 21.5 Å². The summed E-state index contributed by atoms with van der Waals surface area (Å²) in [5, 5.41) is 4.59. The van der Waals surface area contributed by atoms with Crippen molar-refractivity contribution in [1.82, 2.24) is 10.3 Å². The van der Waals surface area contributed by atoms with Crippen molar-refractivity contribution in [2.24, 2.45) is 0 Å². The van der Waals surface area contributed by atoms with E-state index in [2.05, 4.69) is 10.3 Å². The van der Waals surface area contributed by atoms with Crippen LogP contribution in [0.2, 0.25) is 5.02 Å². The third-order valence-electron chi connectivity index (χ3n) is 4.54. The van der Waals surface area contributed by atoms with Gasteiger partial charge in [0.05, 0.1) is 5.52 Å². The number of hydrogen-bond acceptors (Lipinski definition) is 3. The van der Waals surface area contributed by atoms with E-state index in [1.165, 1.54) is 0 Å². The average Bonchev–Trinajstić information content (AvgIpc) is 2.76. The Balaban J connectivity index is 1.32. The molecule has 1 amide bonds. The molecule has 3 aromatic carbocycles. The standard InChI is InChI=1S/C24H19ClN2O2/c25-21-5-1-3-18(13-21)16-29-22-9-6-17(7-10-22)15-27-24(28)20-8-11-23-19(14-20)4-2-12-26-23/h1-14H,15-16H2,(H,27,28). The predicted octanol–water partition coefficient (Wildman–Crippen LogP) is 5.40. The minimum atomic E-state index is -0.114. The predicted molar refractivity (Wildman–Crippen MR) is 115 cm³/mol. The normalized spacial score (nSPS) is 10.7. The Morgan fingerprint density at radius 1 is 0.931 bits per heavy atom. The van der Waals surface area contributed by atoms with Gasteiger partial charge < -0.3 is 10.1 Å². The molecule has 1 heterocycles. The van der Waals surface area contributed by atoms with Gasteiger partial charge in [-0.05, 0) is 59.7 Å². The molecule has 1 N–H and O–H groups in total. The maximum Gasteiger partial charge on any atom is 0.251 e. The number of amides is 1. The average molecular weight is 403 g/mol. The molecule has 144 valence electrons. The van der Waals surface area contributed by atoms with Crippen LogP contribution in [-0.4, -0.2) is 10.9 Å². The first-order valence-electron chi connectivity index (χ1n) is 9.26. The molecule has 29 heavy (non-hydrogen) atoms. The fourth-order valence-corrected chi connectivity index (χ4v) is 3.21. The molecular formula is C24H19ClN2O2. The molecule has 0 saturated heterocycles. The van der Waals surface area contributed by atoms with Crippen molar-refractivity contribution in [2.75, 3.05) is 0 Å². The molecule has 0 spiro atoms. The molecule has 0 fully saturated rings. The molecular weight excluding hydrogens is 384 g/mol. The van der Waals surface area contributed by atoms with Crippen LogP contribution in [0.4, 0.5) is 0 Å². The fraction of sp³-hybridized carbons (Fsp3) is 0.0833. The minimum absolute atomic E-state index is 0.114. The largest absolute Gasteiger partial charge is 0.489 e. The number of hydrogen-bond donors (Lipinski definition) is 1. The Morgan fingerprint density at radius 3 is 2.62 bits per heavy atom. The number of benzene rings is 3. The number of halogens is 1. The summed E-state index contributed by atoms with van der Waals surface area (Å²) in [7, 11) is 0. The third kappa shape index (κ3) is 4.92. The summed E-state index contributed by atoms with van der Waals surface area (Å²) in [6.45, 7) is 0.895. The topological polar surface area (TPSA) is 51.2 Å². The van der Waals surface area contributed by atoms with Crippen molar-refractivity contribution in [3.63, 3.8) is 0 Å². The van der Waals surface area contributed by atoms with E-state index in [0.717, 1.165) is 27.8 Å². The number of pyridine rings is 1. The van der Waals surface area contributed by atoms with Crippen molar-refractivity contribution in [3.8, 4) is 5.75 Å². The van der Waals surface area contributed by atoms with Gasteiger partial charge >= 0.3 is 0 Å². The van der Waals surface area contributed by atoms with Crippen LogP contribution in [0.5, 0.6) is 5.75 Å². The quantitative estimate of drug-likeness (QED) is 0.470. The number of carbonyl (C=O) groups excluding carboxylic acids is 1.